The minimum atomic E-state index is -1.42. The molecule has 0 saturated heterocycles. The Morgan fingerprint density at radius 2 is 1.27 bits per heavy atom. The number of hydrogen-bond acceptors (Lipinski definition) is 1. The number of nitrogens with zero attached hydrogens (tertiary/aromatic N) is 2. The third-order valence-corrected chi connectivity index (χ3v) is 17.0. The van der Waals surface area contributed by atoms with Crippen molar-refractivity contribution in [3.8, 4) is 33.6 Å². The summed E-state index contributed by atoms with van der Waals surface area (Å²) in [4.78, 5) is 0. The first kappa shape index (κ1) is 44.4. The molecule has 0 amide bonds. The van der Waals surface area contributed by atoms with Crippen molar-refractivity contribution in [1.82, 2.24) is 0 Å². The molecule has 62 heavy (non-hydrogen) atoms. The Labute approximate surface area is 391 Å². The van der Waals surface area contributed by atoms with Crippen LogP contribution >= 0.6 is 11.3 Å². The molecule has 0 bridgehead atoms. The van der Waals surface area contributed by atoms with Gasteiger partial charge in [-0.1, -0.05) is 97.7 Å². The van der Waals surface area contributed by atoms with Crippen molar-refractivity contribution < 1.29 is 29.2 Å². The molecule has 3 aliphatic carbocycles. The number of rotatable bonds is 6. The molecule has 0 unspecified atom stereocenters. The summed E-state index contributed by atoms with van der Waals surface area (Å²) in [5.74, 6) is 0.655. The van der Waals surface area contributed by atoms with Gasteiger partial charge < -0.3 is 9.13 Å². The molecule has 0 N–H and O–H groups in total. The number of fused-ring (bicyclic) bond motifs is 6. The van der Waals surface area contributed by atoms with Gasteiger partial charge in [-0.25, -0.2) is 0 Å². The van der Waals surface area contributed by atoms with Crippen molar-refractivity contribution in [3.63, 3.8) is 0 Å². The van der Waals surface area contributed by atoms with Gasteiger partial charge in [-0.15, -0.1) is 29.0 Å². The van der Waals surface area contributed by atoms with E-state index in [9.17, 15) is 0 Å². The van der Waals surface area contributed by atoms with E-state index >= 15 is 0 Å². The van der Waals surface area contributed by atoms with E-state index in [1.54, 1.807) is 16.3 Å². The normalized spacial score (nSPS) is 14.7. The number of aryl methyl sites for hydroxylation is 3. The van der Waals surface area contributed by atoms with E-state index in [1.165, 1.54) is 152 Å². The van der Waals surface area contributed by atoms with Gasteiger partial charge in [0.25, 0.3) is 0 Å². The van der Waals surface area contributed by atoms with Crippen LogP contribution in [-0.2, 0) is 65.1 Å². The molecular weight excluding hydrogens is 965 g/mol. The van der Waals surface area contributed by atoms with E-state index in [0.717, 1.165) is 24.0 Å². The Bertz CT molecular complexity index is 2800. The molecule has 0 fully saturated rings. The molecular formula is C57H64IrN2SSi-2. The topological polar surface area (TPSA) is 7.76 Å². The maximum Gasteiger partial charge on any atom is 0.0709 e. The predicted molar refractivity (Wildman–Crippen MR) is 264 cm³/mol. The first-order valence-corrected chi connectivity index (χ1v) is 27.4. The van der Waals surface area contributed by atoms with Gasteiger partial charge in [-0.05, 0) is 150 Å². The van der Waals surface area contributed by atoms with Gasteiger partial charge in [0.2, 0.25) is 0 Å². The zero-order valence-corrected chi connectivity index (χ0v) is 42.0. The van der Waals surface area contributed by atoms with Crippen molar-refractivity contribution in [2.75, 3.05) is 0 Å². The molecule has 2 nitrogen and oxygen atoms in total. The van der Waals surface area contributed by atoms with Crippen LogP contribution in [0.25, 0.3) is 53.8 Å². The number of aromatic nitrogens is 2. The fourth-order valence-electron chi connectivity index (χ4n) is 10.8. The minimum Gasteiger partial charge on any atom is -0.343 e. The Hall–Kier alpha value is -4.25. The molecule has 10 rings (SSSR count). The minimum absolute atomic E-state index is 0. The van der Waals surface area contributed by atoms with Crippen LogP contribution in [0.1, 0.15) is 102 Å². The van der Waals surface area contributed by atoms with E-state index < -0.39 is 8.07 Å². The summed E-state index contributed by atoms with van der Waals surface area (Å²) in [5.41, 5.74) is 20.7. The zero-order chi connectivity index (χ0) is 42.6. The van der Waals surface area contributed by atoms with Crippen molar-refractivity contribution in [1.29, 1.82) is 0 Å². The van der Waals surface area contributed by atoms with E-state index in [2.05, 4.69) is 156 Å². The molecule has 3 heterocycles. The monoisotopic (exact) mass is 1030 g/mol. The molecule has 1 radical (unpaired) electrons. The van der Waals surface area contributed by atoms with E-state index in [0.29, 0.717) is 5.92 Å². The molecule has 5 heteroatoms. The Kier molecular flexibility index (Phi) is 12.9. The van der Waals surface area contributed by atoms with Crippen LogP contribution in [-0.4, -0.2) is 8.07 Å². The van der Waals surface area contributed by atoms with Crippen LogP contribution in [0.15, 0.2) is 85.2 Å². The van der Waals surface area contributed by atoms with E-state index in [-0.39, 0.29) is 20.1 Å². The second-order valence-corrected chi connectivity index (χ2v) is 25.7. The summed E-state index contributed by atoms with van der Waals surface area (Å²) >= 11 is 1.91. The molecule has 0 spiro atoms. The molecule has 0 aliphatic heterocycles. The molecule has 3 aliphatic rings. The Morgan fingerprint density at radius 1 is 0.645 bits per heavy atom. The molecule has 7 aromatic rings. The largest absolute Gasteiger partial charge is 0.343 e. The SMILES string of the molecule is [CH2-]c1ccc2c(c1-c1cc(CC(C)C)c([Si](C)(C)C)c[n+]1[CH2-])CCCC2.[CH2-]c1ccc2c(sc3ccc(-c4cccc5c4CCCC5)cc32)c1-c1c2c(cc[n+]1[CH2-])CCCC2.[Ir]. The zero-order valence-electron chi connectivity index (χ0n) is 37.8. The third-order valence-electron chi connectivity index (χ3n) is 13.8. The van der Waals surface area contributed by atoms with E-state index in [4.69, 9.17) is 0 Å². The van der Waals surface area contributed by atoms with Gasteiger partial charge in [-0.3, -0.25) is 0 Å². The molecule has 323 valence electrons. The average molecular weight is 1030 g/mol. The summed E-state index contributed by atoms with van der Waals surface area (Å²) in [6.07, 6.45) is 20.4. The van der Waals surface area contributed by atoms with Gasteiger partial charge in [0.15, 0.2) is 0 Å². The fraction of sp³-hybridized carbons (Fsp3) is 0.333. The molecule has 4 aromatic carbocycles. The summed E-state index contributed by atoms with van der Waals surface area (Å²) in [6.45, 7) is 20.8. The van der Waals surface area contributed by atoms with Crippen LogP contribution in [0, 0.1) is 33.9 Å². The van der Waals surface area contributed by atoms with Crippen molar-refractivity contribution in [2.45, 2.75) is 117 Å². The van der Waals surface area contributed by atoms with Crippen molar-refractivity contribution in [2.24, 2.45) is 5.92 Å². The van der Waals surface area contributed by atoms with Crippen molar-refractivity contribution >= 4 is 44.8 Å². The summed E-state index contributed by atoms with van der Waals surface area (Å²) < 4.78 is 6.90. The van der Waals surface area contributed by atoms with Gasteiger partial charge >= 0.3 is 0 Å². The molecule has 3 aromatic heterocycles. The quantitative estimate of drug-likeness (QED) is 0.0891. The predicted octanol–water partition coefficient (Wildman–Crippen LogP) is 13.3. The second kappa shape index (κ2) is 18.1. The Morgan fingerprint density at radius 3 is 1.98 bits per heavy atom. The summed E-state index contributed by atoms with van der Waals surface area (Å²) in [5, 5.41) is 4.24. The summed E-state index contributed by atoms with van der Waals surface area (Å²) in [6, 6.07) is 27.7. The second-order valence-electron chi connectivity index (χ2n) is 19.6. The maximum atomic E-state index is 4.49. The third kappa shape index (κ3) is 8.43. The Balaban J connectivity index is 0.000000176. The van der Waals surface area contributed by atoms with Crippen molar-refractivity contribution in [3.05, 3.63) is 163 Å². The molecule has 0 atom stereocenters. The molecule has 0 saturated carbocycles. The van der Waals surface area contributed by atoms with Crippen LogP contribution in [0.3, 0.4) is 0 Å². The van der Waals surface area contributed by atoms with Gasteiger partial charge in [-0.2, -0.15) is 37.1 Å². The number of benzene rings is 4. The first-order valence-electron chi connectivity index (χ1n) is 23.0. The van der Waals surface area contributed by atoms with Crippen LogP contribution in [0.2, 0.25) is 19.6 Å². The van der Waals surface area contributed by atoms with E-state index in [1.807, 2.05) is 11.3 Å². The van der Waals surface area contributed by atoms with Crippen LogP contribution in [0.4, 0.5) is 0 Å². The number of thiophene rings is 1. The first-order chi connectivity index (χ1) is 29.4. The average Bonchev–Trinajstić information content (AvgIpc) is 3.62. The smallest absolute Gasteiger partial charge is 0.0709 e. The van der Waals surface area contributed by atoms with Gasteiger partial charge in [0.1, 0.15) is 0 Å². The fourth-order valence-corrected chi connectivity index (χ4v) is 13.7. The maximum absolute atomic E-state index is 4.49. The van der Waals surface area contributed by atoms with Gasteiger partial charge in [0.05, 0.1) is 31.9 Å². The summed E-state index contributed by atoms with van der Waals surface area (Å²) in [7, 11) is 7.37. The van der Waals surface area contributed by atoms with Crippen LogP contribution in [0.5, 0.6) is 0 Å². The van der Waals surface area contributed by atoms with Crippen LogP contribution < -0.4 is 14.3 Å². The number of hydrogen-bond donors (Lipinski definition) is 0. The van der Waals surface area contributed by atoms with Gasteiger partial charge in [0, 0.05) is 38.9 Å². The standard InChI is InChI=1S/C33H30NS.C24H34NSi.Ir/c1-21-14-16-28-29-20-24(26-13-7-10-22-8-3-5-11-25(22)26)15-17-30(29)35-33(28)31(21)32-27-12-6-4-9-23(27)18-19-34(32)2;1-17(2)14-20-15-22(25(4)16-23(20)26(5,6)7)24-18(3)12-13-19-10-8-9-11-21(19)24;/h7,10,13-20H,1-6,8-9,11-12H2;12-13,15-17H,3-4,8-11,14H2,1-2,5-7H3;/q2*-1;. The number of pyridine rings is 2.